The fourth-order valence-electron chi connectivity index (χ4n) is 11.0. The monoisotopic (exact) mass is 698 g/mol. The van der Waals surface area contributed by atoms with E-state index in [0.29, 0.717) is 38.5 Å². The van der Waals surface area contributed by atoms with Crippen LogP contribution in [-0.2, 0) is 33.3 Å². The van der Waals surface area contributed by atoms with E-state index in [-0.39, 0.29) is 56.2 Å². The maximum Gasteiger partial charge on any atom is 0.331 e. The highest BCUT2D eigenvalue weighted by Gasteiger charge is 2.71. The first-order chi connectivity index (χ1) is 23.2. The lowest BCUT2D eigenvalue weighted by Gasteiger charge is -2.65. The molecule has 4 saturated carbocycles. The van der Waals surface area contributed by atoms with Gasteiger partial charge in [-0.2, -0.15) is 0 Å². The van der Waals surface area contributed by atoms with Crippen LogP contribution < -0.4 is 0 Å². The van der Waals surface area contributed by atoms with Crippen molar-refractivity contribution in [3.63, 3.8) is 0 Å². The predicted octanol–water partition coefficient (Wildman–Crippen LogP) is -1.81. The minimum Gasteiger partial charge on any atom is -0.458 e. The second-order valence-electron chi connectivity index (χ2n) is 15.8. The molecular formula is C34H50O15. The third kappa shape index (κ3) is 5.38. The van der Waals surface area contributed by atoms with Crippen LogP contribution in [0.25, 0.3) is 0 Å². The third-order valence-corrected chi connectivity index (χ3v) is 13.7. The van der Waals surface area contributed by atoms with Crippen molar-refractivity contribution in [2.75, 3.05) is 19.8 Å². The van der Waals surface area contributed by atoms with Gasteiger partial charge >= 0.3 is 5.97 Å². The van der Waals surface area contributed by atoms with Gasteiger partial charge < -0.3 is 69.3 Å². The molecule has 0 amide bonds. The Kier molecular flexibility index (Phi) is 9.36. The molecule has 8 N–H and O–H groups in total. The molecule has 0 aromatic carbocycles. The molecule has 4 aliphatic carbocycles. The Morgan fingerprint density at radius 3 is 2.33 bits per heavy atom. The highest BCUT2D eigenvalue weighted by molar-refractivity contribution is 5.85. The number of cyclic esters (lactones) is 1. The van der Waals surface area contributed by atoms with E-state index in [0.717, 1.165) is 11.9 Å². The first-order valence-corrected chi connectivity index (χ1v) is 17.6. The van der Waals surface area contributed by atoms with Crippen molar-refractivity contribution in [2.45, 2.75) is 137 Å². The summed E-state index contributed by atoms with van der Waals surface area (Å²) in [6, 6.07) is 0. The van der Waals surface area contributed by atoms with Crippen LogP contribution in [0.15, 0.2) is 11.6 Å². The number of rotatable bonds is 7. The Hall–Kier alpha value is -1.60. The van der Waals surface area contributed by atoms with Gasteiger partial charge in [0.1, 0.15) is 55.6 Å². The molecule has 0 aromatic heterocycles. The number of hydrogen-bond acceptors (Lipinski definition) is 15. The topological polar surface area (TPSA) is 242 Å². The number of fused-ring (bicyclic) bond motifs is 5. The van der Waals surface area contributed by atoms with Gasteiger partial charge in [0.05, 0.1) is 35.9 Å². The molecule has 3 heterocycles. The zero-order chi connectivity index (χ0) is 35.1. The summed E-state index contributed by atoms with van der Waals surface area (Å²) in [5, 5.41) is 86.8. The van der Waals surface area contributed by atoms with Crippen LogP contribution in [0, 0.1) is 28.6 Å². The van der Waals surface area contributed by atoms with Crippen molar-refractivity contribution in [3.05, 3.63) is 11.6 Å². The largest absolute Gasteiger partial charge is 0.458 e. The second kappa shape index (κ2) is 12.8. The molecule has 3 aliphatic heterocycles. The van der Waals surface area contributed by atoms with Crippen LogP contribution in [0.5, 0.6) is 0 Å². The fourth-order valence-corrected chi connectivity index (χ4v) is 11.0. The van der Waals surface area contributed by atoms with Crippen LogP contribution in [0.2, 0.25) is 0 Å². The highest BCUT2D eigenvalue weighted by Crippen LogP contribution is 2.70. The number of carbonyl (C=O) groups is 2. The van der Waals surface area contributed by atoms with E-state index in [2.05, 4.69) is 6.92 Å². The maximum absolute atomic E-state index is 13.2. The molecule has 7 rings (SSSR count). The first kappa shape index (κ1) is 35.8. The zero-order valence-electron chi connectivity index (χ0n) is 27.6. The van der Waals surface area contributed by atoms with E-state index in [1.807, 2.05) is 0 Å². The minimum atomic E-state index is -1.68. The molecule has 0 aromatic rings. The predicted molar refractivity (Wildman–Crippen MR) is 163 cm³/mol. The molecule has 0 radical (unpaired) electrons. The molecule has 49 heavy (non-hydrogen) atoms. The maximum atomic E-state index is 13.2. The van der Waals surface area contributed by atoms with Crippen molar-refractivity contribution in [3.8, 4) is 0 Å². The SMILES string of the molecule is C[C@]12CC[C@H]3[C@@H](CC[C@]4(O)C[C@@H](O[C@@H]5O[C@H](CO)[C@@H](O[C@@H]6OC[C@@H](O)[C@H](O)[C@H]6O)[C@@H](O)[C@H]5O)CC[C@]34C=O)[C@@]1(O)CC[C@@H]2C1=CC(=O)OC1. The molecule has 0 unspecified atom stereocenters. The first-order valence-electron chi connectivity index (χ1n) is 17.6. The van der Waals surface area contributed by atoms with Gasteiger partial charge in [0.25, 0.3) is 0 Å². The van der Waals surface area contributed by atoms with Crippen molar-refractivity contribution < 1.29 is 74.1 Å². The average molecular weight is 699 g/mol. The third-order valence-electron chi connectivity index (χ3n) is 13.7. The van der Waals surface area contributed by atoms with Crippen molar-refractivity contribution >= 4 is 12.3 Å². The van der Waals surface area contributed by atoms with Gasteiger partial charge in [-0.3, -0.25) is 0 Å². The van der Waals surface area contributed by atoms with Crippen LogP contribution in [0.3, 0.4) is 0 Å². The van der Waals surface area contributed by atoms with Crippen molar-refractivity contribution in [1.29, 1.82) is 0 Å². The van der Waals surface area contributed by atoms with Crippen LogP contribution >= 0.6 is 0 Å². The second-order valence-corrected chi connectivity index (χ2v) is 15.8. The van der Waals surface area contributed by atoms with Crippen molar-refractivity contribution in [2.24, 2.45) is 28.6 Å². The Morgan fingerprint density at radius 2 is 1.63 bits per heavy atom. The highest BCUT2D eigenvalue weighted by atomic mass is 16.7. The number of aliphatic hydroxyl groups is 8. The summed E-state index contributed by atoms with van der Waals surface area (Å²) in [4.78, 5) is 25.0. The quantitative estimate of drug-likeness (QED) is 0.0830. The number of carbonyl (C=O) groups excluding carboxylic acids is 2. The van der Waals surface area contributed by atoms with Gasteiger partial charge in [-0.1, -0.05) is 6.92 Å². The molecular weight excluding hydrogens is 648 g/mol. The molecule has 7 aliphatic rings. The van der Waals surface area contributed by atoms with E-state index in [1.54, 1.807) is 6.08 Å². The van der Waals surface area contributed by atoms with Gasteiger partial charge in [0, 0.05) is 17.9 Å². The number of esters is 1. The van der Waals surface area contributed by atoms with E-state index >= 15 is 0 Å². The molecule has 15 nitrogen and oxygen atoms in total. The zero-order valence-corrected chi connectivity index (χ0v) is 27.6. The number of aldehydes is 1. The minimum absolute atomic E-state index is 0.00760. The van der Waals surface area contributed by atoms with Gasteiger partial charge in [0.2, 0.25) is 0 Å². The Bertz CT molecular complexity index is 1310. The van der Waals surface area contributed by atoms with Gasteiger partial charge in [-0.15, -0.1) is 0 Å². The average Bonchev–Trinajstić information content (AvgIpc) is 3.63. The Balaban J connectivity index is 1.04. The van der Waals surface area contributed by atoms with Crippen LogP contribution in [0.4, 0.5) is 0 Å². The summed E-state index contributed by atoms with van der Waals surface area (Å²) in [6.07, 6.45) is -7.88. The van der Waals surface area contributed by atoms with Crippen LogP contribution in [-0.4, -0.2) is 146 Å². The number of hydrogen-bond donors (Lipinski definition) is 8. The number of ether oxygens (including phenoxy) is 5. The molecule has 15 heteroatoms. The number of aliphatic hydroxyl groups excluding tert-OH is 6. The Labute approximate surface area is 283 Å². The molecule has 0 spiro atoms. The summed E-state index contributed by atoms with van der Waals surface area (Å²) < 4.78 is 28.0. The molecule has 2 saturated heterocycles. The molecule has 276 valence electrons. The lowest BCUT2D eigenvalue weighted by molar-refractivity contribution is -0.356. The lowest BCUT2D eigenvalue weighted by atomic mass is 9.41. The molecule has 0 bridgehead atoms. The summed E-state index contributed by atoms with van der Waals surface area (Å²) >= 11 is 0. The molecule has 17 atom stereocenters. The van der Waals surface area contributed by atoms with Crippen LogP contribution in [0.1, 0.15) is 64.7 Å². The normalized spacial score (nSPS) is 54.3. The fraction of sp³-hybridized carbons (Fsp3) is 0.882. The van der Waals surface area contributed by atoms with E-state index in [9.17, 15) is 50.4 Å². The van der Waals surface area contributed by atoms with E-state index in [1.165, 1.54) is 0 Å². The summed E-state index contributed by atoms with van der Waals surface area (Å²) in [6.45, 7) is 1.30. The Morgan fingerprint density at radius 1 is 0.898 bits per heavy atom. The summed E-state index contributed by atoms with van der Waals surface area (Å²) in [7, 11) is 0. The van der Waals surface area contributed by atoms with E-state index in [4.69, 9.17) is 23.7 Å². The summed E-state index contributed by atoms with van der Waals surface area (Å²) in [5.41, 5.74) is -3.27. The van der Waals surface area contributed by atoms with E-state index < -0.39 is 90.1 Å². The smallest absolute Gasteiger partial charge is 0.331 e. The van der Waals surface area contributed by atoms with Gasteiger partial charge in [-0.05, 0) is 74.7 Å². The van der Waals surface area contributed by atoms with Gasteiger partial charge in [0.15, 0.2) is 12.6 Å². The standard InChI is InChI=1S/C34H50O15/c1-31-6-3-19-20(34(31,44)9-5-18(31)16-10-23(38)45-13-16)4-8-33(43)11-17(2-7-32(19,33)15-36)47-30-27(42)25(40)28(22(12-35)48-30)49-29-26(41)24(39)21(37)14-46-29/h10,15,17-22,24-30,35,37,39-44H,2-9,11-14H2,1H3/t17-,18+,19-,20+,21+,22+,24-,25-,26+,27+,28+,29-,30+,31+,32-,33-,34-/m0/s1. The van der Waals surface area contributed by atoms with Crippen molar-refractivity contribution in [1.82, 2.24) is 0 Å². The van der Waals surface area contributed by atoms with Gasteiger partial charge in [-0.25, -0.2) is 4.79 Å². The molecule has 6 fully saturated rings. The summed E-state index contributed by atoms with van der Waals surface area (Å²) in [5.74, 6) is -0.869. The lowest BCUT2D eigenvalue weighted by Crippen LogP contribution is -2.69.